The maximum absolute atomic E-state index is 13.3. The first-order valence-corrected chi connectivity index (χ1v) is 8.48. The third-order valence-electron chi connectivity index (χ3n) is 5.11. The van der Waals surface area contributed by atoms with Crippen LogP contribution in [0, 0.1) is 11.8 Å². The summed E-state index contributed by atoms with van der Waals surface area (Å²) in [5, 5.41) is 9.05. The van der Waals surface area contributed by atoms with Crippen molar-refractivity contribution in [2.45, 2.75) is 19.0 Å². The number of hydrogen-bond donors (Lipinski definition) is 2. The second kappa shape index (κ2) is 6.10. The number of aromatic nitrogens is 3. The van der Waals surface area contributed by atoms with Crippen molar-refractivity contribution >= 4 is 23.3 Å². The van der Waals surface area contributed by atoms with Crippen molar-refractivity contribution in [2.75, 3.05) is 24.5 Å². The number of fused-ring (bicyclic) bond motifs is 1. The predicted molar refractivity (Wildman–Crippen MR) is 88.2 cm³/mol. The minimum atomic E-state index is -4.27. The van der Waals surface area contributed by atoms with Gasteiger partial charge in [-0.25, -0.2) is 14.3 Å². The summed E-state index contributed by atoms with van der Waals surface area (Å²) in [4.78, 5) is 29.3. The second-order valence-corrected chi connectivity index (χ2v) is 6.93. The summed E-state index contributed by atoms with van der Waals surface area (Å²) in [6.07, 6.45) is -1.20. The second-order valence-electron chi connectivity index (χ2n) is 6.93. The number of amides is 3. The van der Waals surface area contributed by atoms with Gasteiger partial charge in [-0.2, -0.15) is 18.3 Å². The Morgan fingerprint density at radius 3 is 2.70 bits per heavy atom. The van der Waals surface area contributed by atoms with Crippen LogP contribution in [0.5, 0.6) is 0 Å². The number of alkyl halides is 3. The van der Waals surface area contributed by atoms with Gasteiger partial charge in [-0.15, -0.1) is 0 Å². The van der Waals surface area contributed by atoms with Gasteiger partial charge in [-0.05, 0) is 12.0 Å². The molecule has 0 saturated carbocycles. The predicted octanol–water partition coefficient (Wildman–Crippen LogP) is 1.29. The SMILES string of the molecule is C[C@@H]1CN(c2cc(C3CNC(=O)NC3=O)nn3ccnc23)C[C@H]1C(F)(F)F. The van der Waals surface area contributed by atoms with Gasteiger partial charge in [0.1, 0.15) is 0 Å². The molecule has 0 aliphatic carbocycles. The van der Waals surface area contributed by atoms with Crippen LogP contribution in [0.25, 0.3) is 5.65 Å². The zero-order chi connectivity index (χ0) is 19.3. The Morgan fingerprint density at radius 2 is 2.04 bits per heavy atom. The molecule has 2 N–H and O–H groups in total. The summed E-state index contributed by atoms with van der Waals surface area (Å²) in [6.45, 7) is 1.69. The lowest BCUT2D eigenvalue weighted by Gasteiger charge is -2.24. The highest BCUT2D eigenvalue weighted by molar-refractivity contribution is 6.00. The quantitative estimate of drug-likeness (QED) is 0.817. The summed E-state index contributed by atoms with van der Waals surface area (Å²) in [5.41, 5.74) is 1.28. The minimum absolute atomic E-state index is 0.0683. The molecule has 2 fully saturated rings. The van der Waals surface area contributed by atoms with Crippen LogP contribution < -0.4 is 15.5 Å². The van der Waals surface area contributed by atoms with E-state index in [0.29, 0.717) is 17.0 Å². The number of hydrogen-bond acceptors (Lipinski definition) is 5. The first kappa shape index (κ1) is 17.6. The number of carbonyl (C=O) groups is 2. The average Bonchev–Trinajstić information content (AvgIpc) is 3.19. The van der Waals surface area contributed by atoms with E-state index in [-0.39, 0.29) is 19.6 Å². The van der Waals surface area contributed by atoms with E-state index in [1.807, 2.05) is 0 Å². The van der Waals surface area contributed by atoms with Gasteiger partial charge >= 0.3 is 12.2 Å². The number of imidazole rings is 1. The standard InChI is InChI=1S/C16H17F3N6O2/c1-8-6-24(7-10(8)16(17,18)19)12-4-11(23-25-3-2-20-13(12)25)9-5-21-15(27)22-14(9)26/h2-4,8-10H,5-7H2,1H3,(H2,21,22,26,27)/t8-,9?,10-/m1/s1. The van der Waals surface area contributed by atoms with Gasteiger partial charge in [-0.1, -0.05) is 6.92 Å². The van der Waals surface area contributed by atoms with Crippen molar-refractivity contribution in [3.8, 4) is 0 Å². The average molecular weight is 382 g/mol. The van der Waals surface area contributed by atoms with Crippen molar-refractivity contribution in [1.82, 2.24) is 25.2 Å². The number of urea groups is 1. The molecule has 2 aliphatic rings. The van der Waals surface area contributed by atoms with Crippen molar-refractivity contribution in [2.24, 2.45) is 11.8 Å². The van der Waals surface area contributed by atoms with Crippen LogP contribution in [0.1, 0.15) is 18.5 Å². The first-order valence-electron chi connectivity index (χ1n) is 8.48. The molecular weight excluding hydrogens is 365 g/mol. The molecule has 144 valence electrons. The number of anilines is 1. The Kier molecular flexibility index (Phi) is 3.97. The fourth-order valence-electron chi connectivity index (χ4n) is 3.68. The highest BCUT2D eigenvalue weighted by Gasteiger charge is 2.48. The van der Waals surface area contributed by atoms with Gasteiger partial charge < -0.3 is 10.2 Å². The monoisotopic (exact) mass is 382 g/mol. The molecule has 2 aliphatic heterocycles. The Balaban J connectivity index is 1.72. The van der Waals surface area contributed by atoms with E-state index in [9.17, 15) is 22.8 Å². The van der Waals surface area contributed by atoms with Crippen LogP contribution >= 0.6 is 0 Å². The van der Waals surface area contributed by atoms with Crippen LogP contribution in [0.15, 0.2) is 18.5 Å². The normalized spacial score (nSPS) is 26.4. The molecule has 4 heterocycles. The Morgan fingerprint density at radius 1 is 1.26 bits per heavy atom. The molecule has 11 heteroatoms. The molecule has 2 aromatic heterocycles. The smallest absolute Gasteiger partial charge is 0.368 e. The summed E-state index contributed by atoms with van der Waals surface area (Å²) in [5.74, 6) is -3.22. The summed E-state index contributed by atoms with van der Waals surface area (Å²) >= 11 is 0. The number of carbonyl (C=O) groups excluding carboxylic acids is 2. The number of rotatable bonds is 2. The van der Waals surface area contributed by atoms with Crippen molar-refractivity contribution < 1.29 is 22.8 Å². The molecular formula is C16H17F3N6O2. The van der Waals surface area contributed by atoms with Gasteiger partial charge in [0, 0.05) is 32.0 Å². The molecule has 4 rings (SSSR count). The van der Waals surface area contributed by atoms with Crippen LogP contribution in [0.2, 0.25) is 0 Å². The first-order chi connectivity index (χ1) is 12.7. The Bertz CT molecular complexity index is 911. The zero-order valence-electron chi connectivity index (χ0n) is 14.3. The number of nitrogens with one attached hydrogen (secondary N) is 2. The maximum Gasteiger partial charge on any atom is 0.393 e. The summed E-state index contributed by atoms with van der Waals surface area (Å²) < 4.78 is 41.2. The maximum atomic E-state index is 13.3. The molecule has 2 aromatic rings. The van der Waals surface area contributed by atoms with E-state index in [2.05, 4.69) is 20.7 Å². The van der Waals surface area contributed by atoms with Crippen LogP contribution in [0.3, 0.4) is 0 Å². The molecule has 0 bridgehead atoms. The van der Waals surface area contributed by atoms with E-state index in [1.165, 1.54) is 10.7 Å². The van der Waals surface area contributed by atoms with Crippen molar-refractivity contribution in [3.05, 3.63) is 24.2 Å². The van der Waals surface area contributed by atoms with Gasteiger partial charge in [0.25, 0.3) is 0 Å². The number of nitrogens with zero attached hydrogens (tertiary/aromatic N) is 4. The van der Waals surface area contributed by atoms with Gasteiger partial charge in [0.2, 0.25) is 5.91 Å². The third kappa shape index (κ3) is 3.06. The Labute approximate surface area is 151 Å². The van der Waals surface area contributed by atoms with E-state index in [0.717, 1.165) is 0 Å². The van der Waals surface area contributed by atoms with E-state index in [4.69, 9.17) is 0 Å². The van der Waals surface area contributed by atoms with Gasteiger partial charge in [0.05, 0.1) is 23.2 Å². The Hall–Kier alpha value is -2.85. The lowest BCUT2D eigenvalue weighted by Crippen LogP contribution is -2.51. The molecule has 27 heavy (non-hydrogen) atoms. The van der Waals surface area contributed by atoms with E-state index >= 15 is 0 Å². The topological polar surface area (TPSA) is 91.6 Å². The largest absolute Gasteiger partial charge is 0.393 e. The molecule has 0 aromatic carbocycles. The minimum Gasteiger partial charge on any atom is -0.368 e. The van der Waals surface area contributed by atoms with Crippen LogP contribution in [0.4, 0.5) is 23.7 Å². The van der Waals surface area contributed by atoms with E-state index < -0.39 is 35.9 Å². The molecule has 0 spiro atoms. The lowest BCUT2D eigenvalue weighted by molar-refractivity contribution is -0.177. The van der Waals surface area contributed by atoms with Gasteiger partial charge in [-0.3, -0.25) is 10.1 Å². The molecule has 8 nitrogen and oxygen atoms in total. The number of halogens is 3. The molecule has 3 atom stereocenters. The van der Waals surface area contributed by atoms with Crippen molar-refractivity contribution in [3.63, 3.8) is 0 Å². The summed E-state index contributed by atoms with van der Waals surface area (Å²) in [6, 6.07) is 1.01. The third-order valence-corrected chi connectivity index (χ3v) is 5.11. The van der Waals surface area contributed by atoms with Crippen LogP contribution in [-0.4, -0.2) is 52.3 Å². The highest BCUT2D eigenvalue weighted by Crippen LogP contribution is 2.40. The molecule has 2 saturated heterocycles. The fourth-order valence-corrected chi connectivity index (χ4v) is 3.68. The van der Waals surface area contributed by atoms with Crippen LogP contribution in [-0.2, 0) is 4.79 Å². The van der Waals surface area contributed by atoms with Crippen molar-refractivity contribution in [1.29, 1.82) is 0 Å². The molecule has 1 unspecified atom stereocenters. The van der Waals surface area contributed by atoms with Gasteiger partial charge in [0.15, 0.2) is 5.65 Å². The molecule has 3 amide bonds. The number of imide groups is 1. The highest BCUT2D eigenvalue weighted by atomic mass is 19.4. The van der Waals surface area contributed by atoms with E-state index in [1.54, 1.807) is 24.1 Å². The lowest BCUT2D eigenvalue weighted by atomic mass is 9.98. The molecule has 0 radical (unpaired) electrons. The zero-order valence-corrected chi connectivity index (χ0v) is 14.3. The fraction of sp³-hybridized carbons (Fsp3) is 0.500. The summed E-state index contributed by atoms with van der Waals surface area (Å²) in [7, 11) is 0.